The van der Waals surface area contributed by atoms with Crippen LogP contribution >= 0.6 is 0 Å². The number of pyridine rings is 1. The summed E-state index contributed by atoms with van der Waals surface area (Å²) in [4.78, 5) is 15.3. The topological polar surface area (TPSA) is 76.2 Å². The average Bonchev–Trinajstić information content (AvgIpc) is 2.41. The third-order valence-corrected chi connectivity index (χ3v) is 2.97. The average molecular weight is 192 g/mol. The molecular formula is C10H12N2O2. The smallest absolute Gasteiger partial charge is 0.328 e. The highest BCUT2D eigenvalue weighted by Gasteiger charge is 2.48. The minimum atomic E-state index is -1.26. The molecule has 0 aromatic carbocycles. The van der Waals surface area contributed by atoms with Crippen LogP contribution in [0.3, 0.4) is 0 Å². The van der Waals surface area contributed by atoms with Crippen LogP contribution < -0.4 is 5.73 Å². The number of aromatic nitrogens is 1. The molecule has 1 aliphatic rings. The van der Waals surface area contributed by atoms with Crippen molar-refractivity contribution in [3.63, 3.8) is 0 Å². The number of aliphatic carboxylic acids is 1. The Hall–Kier alpha value is -1.42. The molecule has 1 aliphatic carbocycles. The molecule has 0 radical (unpaired) electrons. The van der Waals surface area contributed by atoms with Crippen LogP contribution in [0, 0.1) is 5.92 Å². The molecule has 0 bridgehead atoms. The number of fused-ring (bicyclic) bond motifs is 1. The monoisotopic (exact) mass is 192 g/mol. The third-order valence-electron chi connectivity index (χ3n) is 2.97. The van der Waals surface area contributed by atoms with E-state index in [-0.39, 0.29) is 5.92 Å². The summed E-state index contributed by atoms with van der Waals surface area (Å²) in [6, 6.07) is 3.47. The first kappa shape index (κ1) is 9.15. The first-order valence-electron chi connectivity index (χ1n) is 4.53. The van der Waals surface area contributed by atoms with Crippen molar-refractivity contribution in [2.24, 2.45) is 11.7 Å². The second-order valence-electron chi connectivity index (χ2n) is 3.78. The molecule has 74 valence electrons. The summed E-state index contributed by atoms with van der Waals surface area (Å²) < 4.78 is 0. The van der Waals surface area contributed by atoms with Crippen LogP contribution in [0.25, 0.3) is 0 Å². The van der Waals surface area contributed by atoms with Gasteiger partial charge >= 0.3 is 5.97 Å². The van der Waals surface area contributed by atoms with Crippen molar-refractivity contribution in [1.29, 1.82) is 0 Å². The van der Waals surface area contributed by atoms with E-state index in [9.17, 15) is 4.79 Å². The number of nitrogens with zero attached hydrogens (tertiary/aromatic N) is 1. The number of carboxylic acid groups (broad SMARTS) is 1. The minimum Gasteiger partial charge on any atom is -0.480 e. The van der Waals surface area contributed by atoms with Gasteiger partial charge in [-0.2, -0.15) is 0 Å². The largest absolute Gasteiger partial charge is 0.480 e. The van der Waals surface area contributed by atoms with Gasteiger partial charge < -0.3 is 10.8 Å². The Morgan fingerprint density at radius 1 is 1.79 bits per heavy atom. The Bertz CT molecular complexity index is 391. The lowest BCUT2D eigenvalue weighted by atomic mass is 9.86. The Morgan fingerprint density at radius 2 is 2.50 bits per heavy atom. The molecule has 0 fully saturated rings. The molecule has 0 amide bonds. The SMILES string of the molecule is CC1Cc2ncccc2C1(N)C(=O)O. The number of rotatable bonds is 1. The first-order valence-corrected chi connectivity index (χ1v) is 4.53. The Labute approximate surface area is 81.8 Å². The summed E-state index contributed by atoms with van der Waals surface area (Å²) in [5.41, 5.74) is 6.12. The summed E-state index contributed by atoms with van der Waals surface area (Å²) in [6.45, 7) is 1.84. The number of hydrogen-bond donors (Lipinski definition) is 2. The van der Waals surface area contributed by atoms with Crippen molar-refractivity contribution in [1.82, 2.24) is 4.98 Å². The van der Waals surface area contributed by atoms with Crippen LogP contribution in [-0.4, -0.2) is 16.1 Å². The highest BCUT2D eigenvalue weighted by atomic mass is 16.4. The van der Waals surface area contributed by atoms with Gasteiger partial charge in [0, 0.05) is 17.5 Å². The molecule has 1 aromatic rings. The first-order chi connectivity index (χ1) is 6.56. The Balaban J connectivity index is 2.60. The number of nitrogens with two attached hydrogens (primary N) is 1. The second kappa shape index (κ2) is 2.78. The predicted octanol–water partition coefficient (Wildman–Crippen LogP) is 0.512. The highest BCUT2D eigenvalue weighted by Crippen LogP contribution is 2.38. The van der Waals surface area contributed by atoms with E-state index in [0.717, 1.165) is 5.69 Å². The number of carbonyl (C=O) groups is 1. The van der Waals surface area contributed by atoms with Gasteiger partial charge in [0.15, 0.2) is 0 Å². The van der Waals surface area contributed by atoms with Crippen molar-refractivity contribution in [3.8, 4) is 0 Å². The summed E-state index contributed by atoms with van der Waals surface area (Å²) in [5.74, 6) is -1.08. The van der Waals surface area contributed by atoms with Gasteiger partial charge in [0.05, 0.1) is 0 Å². The van der Waals surface area contributed by atoms with Gasteiger partial charge in [-0.15, -0.1) is 0 Å². The minimum absolute atomic E-state index is 0.107. The molecule has 3 N–H and O–H groups in total. The molecule has 2 atom stereocenters. The summed E-state index contributed by atoms with van der Waals surface area (Å²) in [5, 5.41) is 9.14. The molecule has 2 rings (SSSR count). The zero-order valence-electron chi connectivity index (χ0n) is 7.90. The van der Waals surface area contributed by atoms with E-state index in [2.05, 4.69) is 4.98 Å². The third kappa shape index (κ3) is 0.974. The van der Waals surface area contributed by atoms with E-state index in [1.165, 1.54) is 0 Å². The van der Waals surface area contributed by atoms with Gasteiger partial charge in [-0.05, 0) is 18.4 Å². The van der Waals surface area contributed by atoms with Crippen LogP contribution in [0.1, 0.15) is 18.2 Å². The molecule has 4 heteroatoms. The molecule has 0 saturated heterocycles. The molecular weight excluding hydrogens is 180 g/mol. The quantitative estimate of drug-likeness (QED) is 0.679. The van der Waals surface area contributed by atoms with E-state index >= 15 is 0 Å². The van der Waals surface area contributed by atoms with Crippen LogP contribution in [0.5, 0.6) is 0 Å². The molecule has 0 saturated carbocycles. The van der Waals surface area contributed by atoms with Gasteiger partial charge in [0.1, 0.15) is 5.54 Å². The fourth-order valence-corrected chi connectivity index (χ4v) is 2.02. The molecule has 0 spiro atoms. The van der Waals surface area contributed by atoms with Crippen molar-refractivity contribution in [2.45, 2.75) is 18.9 Å². The van der Waals surface area contributed by atoms with E-state index in [1.54, 1.807) is 18.3 Å². The van der Waals surface area contributed by atoms with Crippen LogP contribution in [0.2, 0.25) is 0 Å². The highest BCUT2D eigenvalue weighted by molar-refractivity contribution is 5.82. The molecule has 1 heterocycles. The Kier molecular flexibility index (Phi) is 1.82. The summed E-state index contributed by atoms with van der Waals surface area (Å²) >= 11 is 0. The maximum atomic E-state index is 11.1. The van der Waals surface area contributed by atoms with Crippen LogP contribution in [-0.2, 0) is 16.8 Å². The lowest BCUT2D eigenvalue weighted by Crippen LogP contribution is -2.47. The molecule has 0 aliphatic heterocycles. The van der Waals surface area contributed by atoms with Crippen molar-refractivity contribution < 1.29 is 9.90 Å². The van der Waals surface area contributed by atoms with Gasteiger partial charge in [0.25, 0.3) is 0 Å². The normalized spacial score (nSPS) is 30.0. The number of hydrogen-bond acceptors (Lipinski definition) is 3. The summed E-state index contributed by atoms with van der Waals surface area (Å²) in [7, 11) is 0. The van der Waals surface area contributed by atoms with E-state index in [4.69, 9.17) is 10.8 Å². The fourth-order valence-electron chi connectivity index (χ4n) is 2.02. The zero-order chi connectivity index (χ0) is 10.3. The van der Waals surface area contributed by atoms with Crippen LogP contribution in [0.4, 0.5) is 0 Å². The molecule has 1 aromatic heterocycles. The molecule has 4 nitrogen and oxygen atoms in total. The van der Waals surface area contributed by atoms with Crippen LogP contribution in [0.15, 0.2) is 18.3 Å². The molecule has 14 heavy (non-hydrogen) atoms. The maximum absolute atomic E-state index is 11.1. The van der Waals surface area contributed by atoms with E-state index in [1.807, 2.05) is 6.92 Å². The standard InChI is InChI=1S/C10H12N2O2/c1-6-5-8-7(3-2-4-12-8)10(6,11)9(13)14/h2-4,6H,5,11H2,1H3,(H,13,14). The molecule has 2 unspecified atom stereocenters. The van der Waals surface area contributed by atoms with E-state index < -0.39 is 11.5 Å². The lowest BCUT2D eigenvalue weighted by molar-refractivity contribution is -0.145. The second-order valence-corrected chi connectivity index (χ2v) is 3.78. The van der Waals surface area contributed by atoms with Crippen molar-refractivity contribution in [3.05, 3.63) is 29.6 Å². The zero-order valence-corrected chi connectivity index (χ0v) is 7.90. The Morgan fingerprint density at radius 3 is 3.14 bits per heavy atom. The fraction of sp³-hybridized carbons (Fsp3) is 0.400. The van der Waals surface area contributed by atoms with Crippen molar-refractivity contribution >= 4 is 5.97 Å². The maximum Gasteiger partial charge on any atom is 0.328 e. The number of carboxylic acids is 1. The van der Waals surface area contributed by atoms with Gasteiger partial charge in [-0.25, -0.2) is 4.79 Å². The van der Waals surface area contributed by atoms with E-state index in [0.29, 0.717) is 12.0 Å². The van der Waals surface area contributed by atoms with Crippen molar-refractivity contribution in [2.75, 3.05) is 0 Å². The van der Waals surface area contributed by atoms with Gasteiger partial charge in [0.2, 0.25) is 0 Å². The predicted molar refractivity (Wildman–Crippen MR) is 50.6 cm³/mol. The van der Waals surface area contributed by atoms with Gasteiger partial charge in [-0.3, -0.25) is 4.98 Å². The summed E-state index contributed by atoms with van der Waals surface area (Å²) in [6.07, 6.45) is 2.30. The lowest BCUT2D eigenvalue weighted by Gasteiger charge is -2.24. The van der Waals surface area contributed by atoms with Gasteiger partial charge in [-0.1, -0.05) is 13.0 Å².